The molecule has 0 amide bonds. The quantitative estimate of drug-likeness (QED) is 0.551. The molecule has 74 valence electrons. The molecule has 0 radical (unpaired) electrons. The van der Waals surface area contributed by atoms with Crippen molar-refractivity contribution in [2.75, 3.05) is 7.11 Å². The van der Waals surface area contributed by atoms with Crippen LogP contribution in [0, 0.1) is 0 Å². The standard InChI is InChI=1S/C11H12O2S/c1-13-11(12)10-9(6-7-14-10)8-4-2-3-5-8/h2,4,6-8H,3,5H2,1H3. The molecular formula is C11H12O2S. The zero-order valence-electron chi connectivity index (χ0n) is 8.03. The van der Waals surface area contributed by atoms with Gasteiger partial charge in [0.05, 0.1) is 7.11 Å². The van der Waals surface area contributed by atoms with Gasteiger partial charge in [0, 0.05) is 5.92 Å². The molecule has 0 N–H and O–H groups in total. The molecule has 1 aromatic rings. The fourth-order valence-corrected chi connectivity index (χ4v) is 2.65. The van der Waals surface area contributed by atoms with Gasteiger partial charge in [-0.2, -0.15) is 0 Å². The lowest BCUT2D eigenvalue weighted by molar-refractivity contribution is 0.0605. The molecule has 1 aliphatic rings. The van der Waals surface area contributed by atoms with Crippen LogP contribution >= 0.6 is 11.3 Å². The summed E-state index contributed by atoms with van der Waals surface area (Å²) in [7, 11) is 1.43. The van der Waals surface area contributed by atoms with Crippen LogP contribution in [0.2, 0.25) is 0 Å². The molecule has 3 heteroatoms. The number of rotatable bonds is 2. The van der Waals surface area contributed by atoms with Gasteiger partial charge in [0.25, 0.3) is 0 Å². The number of thiophene rings is 1. The summed E-state index contributed by atoms with van der Waals surface area (Å²) < 4.78 is 4.74. The number of carbonyl (C=O) groups is 1. The van der Waals surface area contributed by atoms with Crippen LogP contribution in [0.4, 0.5) is 0 Å². The summed E-state index contributed by atoms with van der Waals surface area (Å²) >= 11 is 1.46. The smallest absolute Gasteiger partial charge is 0.348 e. The minimum Gasteiger partial charge on any atom is -0.465 e. The van der Waals surface area contributed by atoms with Crippen molar-refractivity contribution in [2.45, 2.75) is 18.8 Å². The molecule has 1 unspecified atom stereocenters. The van der Waals surface area contributed by atoms with Gasteiger partial charge in [-0.1, -0.05) is 12.2 Å². The number of hydrogen-bond donors (Lipinski definition) is 0. The van der Waals surface area contributed by atoms with E-state index in [-0.39, 0.29) is 5.97 Å². The Morgan fingerprint density at radius 2 is 2.50 bits per heavy atom. The van der Waals surface area contributed by atoms with Crippen LogP contribution in [-0.2, 0) is 4.74 Å². The largest absolute Gasteiger partial charge is 0.465 e. The molecule has 0 bridgehead atoms. The van der Waals surface area contributed by atoms with Gasteiger partial charge in [0.2, 0.25) is 0 Å². The monoisotopic (exact) mass is 208 g/mol. The summed E-state index contributed by atoms with van der Waals surface area (Å²) in [5.41, 5.74) is 1.12. The van der Waals surface area contributed by atoms with Crippen LogP contribution in [0.15, 0.2) is 23.6 Å². The molecule has 0 saturated carbocycles. The predicted octanol–water partition coefficient (Wildman–Crippen LogP) is 2.97. The molecule has 0 fully saturated rings. The average molecular weight is 208 g/mol. The van der Waals surface area contributed by atoms with Gasteiger partial charge >= 0.3 is 5.97 Å². The lowest BCUT2D eigenvalue weighted by Gasteiger charge is -2.07. The maximum atomic E-state index is 11.4. The second-order valence-corrected chi connectivity index (χ2v) is 4.22. The molecule has 1 aliphatic carbocycles. The SMILES string of the molecule is COC(=O)c1sccc1C1C=CCC1. The minimum absolute atomic E-state index is 0.213. The second-order valence-electron chi connectivity index (χ2n) is 3.31. The van der Waals surface area contributed by atoms with E-state index >= 15 is 0 Å². The Kier molecular flexibility index (Phi) is 2.68. The number of hydrogen-bond acceptors (Lipinski definition) is 3. The Bertz CT molecular complexity index is 365. The maximum Gasteiger partial charge on any atom is 0.348 e. The lowest BCUT2D eigenvalue weighted by Crippen LogP contribution is -2.03. The predicted molar refractivity (Wildman–Crippen MR) is 56.8 cm³/mol. The van der Waals surface area contributed by atoms with Crippen molar-refractivity contribution in [3.05, 3.63) is 34.0 Å². The van der Waals surface area contributed by atoms with Gasteiger partial charge in [-0.3, -0.25) is 0 Å². The first-order valence-corrected chi connectivity index (χ1v) is 5.53. The van der Waals surface area contributed by atoms with Crippen molar-refractivity contribution in [3.8, 4) is 0 Å². The van der Waals surface area contributed by atoms with Crippen molar-refractivity contribution in [1.82, 2.24) is 0 Å². The van der Waals surface area contributed by atoms with Crippen molar-refractivity contribution in [3.63, 3.8) is 0 Å². The zero-order chi connectivity index (χ0) is 9.97. The van der Waals surface area contributed by atoms with E-state index in [1.807, 2.05) is 11.4 Å². The summed E-state index contributed by atoms with van der Waals surface area (Å²) in [5.74, 6) is 0.200. The highest BCUT2D eigenvalue weighted by Crippen LogP contribution is 2.33. The van der Waals surface area contributed by atoms with Crippen LogP contribution in [0.1, 0.15) is 34.0 Å². The number of carbonyl (C=O) groups excluding carboxylic acids is 1. The first-order chi connectivity index (χ1) is 6.83. The number of methoxy groups -OCH3 is 1. The molecule has 0 saturated heterocycles. The number of ether oxygens (including phenoxy) is 1. The Labute approximate surface area is 87.2 Å². The van der Waals surface area contributed by atoms with E-state index in [0.717, 1.165) is 23.3 Å². The first-order valence-electron chi connectivity index (χ1n) is 4.65. The van der Waals surface area contributed by atoms with E-state index in [1.54, 1.807) is 0 Å². The molecule has 0 aromatic carbocycles. The van der Waals surface area contributed by atoms with Crippen LogP contribution in [0.5, 0.6) is 0 Å². The van der Waals surface area contributed by atoms with Crippen molar-refractivity contribution < 1.29 is 9.53 Å². The molecule has 1 aromatic heterocycles. The van der Waals surface area contributed by atoms with Crippen LogP contribution in [-0.4, -0.2) is 13.1 Å². The maximum absolute atomic E-state index is 11.4. The highest BCUT2D eigenvalue weighted by atomic mass is 32.1. The summed E-state index contributed by atoms with van der Waals surface area (Å²) in [6.45, 7) is 0. The Balaban J connectivity index is 2.29. The van der Waals surface area contributed by atoms with Gasteiger partial charge < -0.3 is 4.74 Å². The normalized spacial score (nSPS) is 19.9. The molecular weight excluding hydrogens is 196 g/mol. The Hall–Kier alpha value is -1.09. The van der Waals surface area contributed by atoms with E-state index in [2.05, 4.69) is 12.2 Å². The topological polar surface area (TPSA) is 26.3 Å². The molecule has 2 nitrogen and oxygen atoms in total. The van der Waals surface area contributed by atoms with E-state index < -0.39 is 0 Å². The van der Waals surface area contributed by atoms with Gasteiger partial charge in [-0.15, -0.1) is 11.3 Å². The van der Waals surface area contributed by atoms with Gasteiger partial charge in [0.15, 0.2) is 0 Å². The highest BCUT2D eigenvalue weighted by molar-refractivity contribution is 7.12. The summed E-state index contributed by atoms with van der Waals surface area (Å²) in [6, 6.07) is 2.03. The Morgan fingerprint density at radius 3 is 3.14 bits per heavy atom. The van der Waals surface area contributed by atoms with Gasteiger partial charge in [-0.25, -0.2) is 4.79 Å². The third-order valence-corrected chi connectivity index (χ3v) is 3.39. The minimum atomic E-state index is -0.213. The summed E-state index contributed by atoms with van der Waals surface area (Å²) in [4.78, 5) is 12.2. The molecule has 0 spiro atoms. The fourth-order valence-electron chi connectivity index (χ4n) is 1.76. The average Bonchev–Trinajstić information content (AvgIpc) is 2.85. The molecule has 2 rings (SSSR count). The van der Waals surface area contributed by atoms with Crippen molar-refractivity contribution in [1.29, 1.82) is 0 Å². The van der Waals surface area contributed by atoms with Crippen LogP contribution < -0.4 is 0 Å². The van der Waals surface area contributed by atoms with E-state index in [1.165, 1.54) is 18.4 Å². The van der Waals surface area contributed by atoms with Crippen LogP contribution in [0.3, 0.4) is 0 Å². The van der Waals surface area contributed by atoms with Gasteiger partial charge in [0.1, 0.15) is 4.88 Å². The van der Waals surface area contributed by atoms with E-state index in [9.17, 15) is 4.79 Å². The van der Waals surface area contributed by atoms with E-state index in [0.29, 0.717) is 5.92 Å². The van der Waals surface area contributed by atoms with Crippen LogP contribution in [0.25, 0.3) is 0 Å². The summed E-state index contributed by atoms with van der Waals surface area (Å²) in [5, 5.41) is 1.95. The third kappa shape index (κ3) is 1.60. The first kappa shape index (κ1) is 9.46. The van der Waals surface area contributed by atoms with Gasteiger partial charge in [-0.05, 0) is 29.9 Å². The highest BCUT2D eigenvalue weighted by Gasteiger charge is 2.20. The van der Waals surface area contributed by atoms with Crippen molar-refractivity contribution >= 4 is 17.3 Å². The zero-order valence-corrected chi connectivity index (χ0v) is 8.84. The molecule has 0 aliphatic heterocycles. The molecule has 1 heterocycles. The molecule has 1 atom stereocenters. The molecule has 14 heavy (non-hydrogen) atoms. The summed E-state index contributed by atoms with van der Waals surface area (Å²) in [6.07, 6.45) is 6.57. The van der Waals surface area contributed by atoms with E-state index in [4.69, 9.17) is 4.74 Å². The third-order valence-electron chi connectivity index (χ3n) is 2.48. The second kappa shape index (κ2) is 3.96. The Morgan fingerprint density at radius 1 is 1.64 bits per heavy atom. The van der Waals surface area contributed by atoms with Crippen molar-refractivity contribution in [2.24, 2.45) is 0 Å². The lowest BCUT2D eigenvalue weighted by atomic mass is 9.99. The number of esters is 1. The fraction of sp³-hybridized carbons (Fsp3) is 0.364. The number of allylic oxidation sites excluding steroid dienone is 2.